The summed E-state index contributed by atoms with van der Waals surface area (Å²) in [4.78, 5) is 14.0. The standard InChI is InChI=1S/C20H14ClFN2O4S/c21-16-8-12(5-6-17(16)22)27-11-15-4-3-13(28-15)9-18-19(25)24(20(29)23-18)10-14-2-1-7-26-14/h1-9H,10-11H2,(H,23,29)/b18-9+. The van der Waals surface area contributed by atoms with Crippen LogP contribution in [0.2, 0.25) is 5.02 Å². The van der Waals surface area contributed by atoms with E-state index in [1.807, 2.05) is 0 Å². The normalized spacial score (nSPS) is 15.2. The van der Waals surface area contributed by atoms with Crippen molar-refractivity contribution >= 4 is 40.9 Å². The topological polar surface area (TPSA) is 67.8 Å². The molecule has 29 heavy (non-hydrogen) atoms. The second-order valence-corrected chi connectivity index (χ2v) is 6.92. The van der Waals surface area contributed by atoms with Crippen LogP contribution < -0.4 is 10.1 Å². The summed E-state index contributed by atoms with van der Waals surface area (Å²) in [5.74, 6) is 1.23. The molecule has 2 aromatic heterocycles. The molecule has 0 aliphatic carbocycles. The van der Waals surface area contributed by atoms with E-state index in [4.69, 9.17) is 37.4 Å². The predicted molar refractivity (Wildman–Crippen MR) is 107 cm³/mol. The molecule has 1 aromatic carbocycles. The first-order valence-electron chi connectivity index (χ1n) is 8.53. The van der Waals surface area contributed by atoms with Crippen LogP contribution in [-0.4, -0.2) is 15.9 Å². The van der Waals surface area contributed by atoms with E-state index in [0.29, 0.717) is 33.8 Å². The number of furan rings is 2. The molecule has 6 nitrogen and oxygen atoms in total. The van der Waals surface area contributed by atoms with E-state index in [-0.39, 0.29) is 24.1 Å². The summed E-state index contributed by atoms with van der Waals surface area (Å²) in [6.45, 7) is 0.363. The summed E-state index contributed by atoms with van der Waals surface area (Å²) in [5, 5.41) is 3.15. The molecule has 0 bridgehead atoms. The van der Waals surface area contributed by atoms with Crippen molar-refractivity contribution in [2.24, 2.45) is 0 Å². The average molecular weight is 433 g/mol. The van der Waals surface area contributed by atoms with Gasteiger partial charge in [0, 0.05) is 12.1 Å². The molecular formula is C20H14ClFN2O4S. The lowest BCUT2D eigenvalue weighted by Gasteiger charge is -2.11. The summed E-state index contributed by atoms with van der Waals surface area (Å²) < 4.78 is 29.7. The van der Waals surface area contributed by atoms with Crippen molar-refractivity contribution in [1.29, 1.82) is 0 Å². The van der Waals surface area contributed by atoms with Crippen molar-refractivity contribution in [3.63, 3.8) is 0 Å². The lowest BCUT2D eigenvalue weighted by atomic mass is 10.3. The quantitative estimate of drug-likeness (QED) is 0.457. The highest BCUT2D eigenvalue weighted by Crippen LogP contribution is 2.23. The Morgan fingerprint density at radius 3 is 2.86 bits per heavy atom. The lowest BCUT2D eigenvalue weighted by Crippen LogP contribution is -2.29. The van der Waals surface area contributed by atoms with E-state index in [9.17, 15) is 9.18 Å². The highest BCUT2D eigenvalue weighted by molar-refractivity contribution is 7.80. The Balaban J connectivity index is 1.41. The van der Waals surface area contributed by atoms with Gasteiger partial charge in [0.1, 0.15) is 41.2 Å². The maximum absolute atomic E-state index is 13.2. The van der Waals surface area contributed by atoms with Gasteiger partial charge >= 0.3 is 0 Å². The maximum Gasteiger partial charge on any atom is 0.277 e. The Morgan fingerprint density at radius 2 is 2.10 bits per heavy atom. The fourth-order valence-electron chi connectivity index (χ4n) is 2.69. The Kier molecular flexibility index (Phi) is 5.37. The third kappa shape index (κ3) is 4.33. The van der Waals surface area contributed by atoms with Crippen molar-refractivity contribution in [1.82, 2.24) is 10.2 Å². The summed E-state index contributed by atoms with van der Waals surface area (Å²) in [6.07, 6.45) is 3.10. The highest BCUT2D eigenvalue weighted by atomic mass is 35.5. The van der Waals surface area contributed by atoms with Crippen molar-refractivity contribution in [2.45, 2.75) is 13.2 Å². The highest BCUT2D eigenvalue weighted by Gasteiger charge is 2.31. The first-order chi connectivity index (χ1) is 14.0. The number of nitrogens with one attached hydrogen (secondary N) is 1. The molecule has 1 saturated heterocycles. The van der Waals surface area contributed by atoms with Crippen LogP contribution in [0, 0.1) is 5.82 Å². The molecule has 1 aliphatic rings. The molecule has 3 heterocycles. The van der Waals surface area contributed by atoms with Gasteiger partial charge in [0.2, 0.25) is 0 Å². The van der Waals surface area contributed by atoms with E-state index in [1.165, 1.54) is 29.4 Å². The van der Waals surface area contributed by atoms with Gasteiger partial charge in [0.15, 0.2) is 5.11 Å². The van der Waals surface area contributed by atoms with Gasteiger partial charge in [-0.2, -0.15) is 0 Å². The molecule has 148 valence electrons. The number of thiocarbonyl (C=S) groups is 1. The van der Waals surface area contributed by atoms with E-state index in [2.05, 4.69) is 5.32 Å². The number of carbonyl (C=O) groups excluding carboxylic acids is 1. The largest absolute Gasteiger partial charge is 0.486 e. The van der Waals surface area contributed by atoms with Crippen LogP contribution >= 0.6 is 23.8 Å². The molecular weight excluding hydrogens is 419 g/mol. The zero-order chi connectivity index (χ0) is 20.4. The SMILES string of the molecule is O=C1/C(=C\c2ccc(COc3ccc(F)c(Cl)c3)o2)NC(=S)N1Cc1ccco1. The van der Waals surface area contributed by atoms with Crippen LogP contribution in [-0.2, 0) is 17.9 Å². The Morgan fingerprint density at radius 1 is 1.24 bits per heavy atom. The van der Waals surface area contributed by atoms with Gasteiger partial charge in [-0.3, -0.25) is 9.69 Å². The van der Waals surface area contributed by atoms with Gasteiger partial charge < -0.3 is 18.9 Å². The van der Waals surface area contributed by atoms with Gasteiger partial charge in [-0.25, -0.2) is 4.39 Å². The van der Waals surface area contributed by atoms with Gasteiger partial charge in [-0.1, -0.05) is 11.6 Å². The van der Waals surface area contributed by atoms with Crippen molar-refractivity contribution < 1.29 is 22.8 Å². The second-order valence-electron chi connectivity index (χ2n) is 6.13. The Labute approximate surface area is 175 Å². The molecule has 0 radical (unpaired) electrons. The van der Waals surface area contributed by atoms with Crippen LogP contribution in [0.25, 0.3) is 6.08 Å². The van der Waals surface area contributed by atoms with Crippen LogP contribution in [0.3, 0.4) is 0 Å². The molecule has 1 aliphatic heterocycles. The predicted octanol–water partition coefficient (Wildman–Crippen LogP) is 4.50. The molecule has 0 atom stereocenters. The average Bonchev–Trinajstić information content (AvgIpc) is 3.42. The first kappa shape index (κ1) is 19.2. The molecule has 9 heteroatoms. The lowest BCUT2D eigenvalue weighted by molar-refractivity contribution is -0.122. The van der Waals surface area contributed by atoms with Gasteiger partial charge in [0.25, 0.3) is 5.91 Å². The number of ether oxygens (including phenoxy) is 1. The Bertz CT molecular complexity index is 1090. The molecule has 0 unspecified atom stereocenters. The number of rotatable bonds is 6. The molecule has 1 N–H and O–H groups in total. The minimum atomic E-state index is -0.515. The molecule has 0 spiro atoms. The maximum atomic E-state index is 13.2. The molecule has 4 rings (SSSR count). The second kappa shape index (κ2) is 8.10. The molecule has 3 aromatic rings. The van der Waals surface area contributed by atoms with E-state index in [1.54, 1.807) is 30.3 Å². The van der Waals surface area contributed by atoms with Crippen molar-refractivity contribution in [3.8, 4) is 5.75 Å². The van der Waals surface area contributed by atoms with Crippen LogP contribution in [0.5, 0.6) is 5.75 Å². The third-order valence-corrected chi connectivity index (χ3v) is 4.71. The van der Waals surface area contributed by atoms with Crippen molar-refractivity contribution in [3.05, 3.63) is 82.5 Å². The third-order valence-electron chi connectivity index (χ3n) is 4.10. The van der Waals surface area contributed by atoms with Crippen LogP contribution in [0.4, 0.5) is 4.39 Å². The van der Waals surface area contributed by atoms with Gasteiger partial charge in [-0.15, -0.1) is 0 Å². The van der Waals surface area contributed by atoms with E-state index < -0.39 is 5.82 Å². The minimum Gasteiger partial charge on any atom is -0.486 e. The van der Waals surface area contributed by atoms with Gasteiger partial charge in [0.05, 0.1) is 17.8 Å². The van der Waals surface area contributed by atoms with Gasteiger partial charge in [-0.05, 0) is 48.6 Å². The van der Waals surface area contributed by atoms with E-state index >= 15 is 0 Å². The monoisotopic (exact) mass is 432 g/mol. The summed E-state index contributed by atoms with van der Waals surface area (Å²) in [6, 6.07) is 11.0. The number of benzene rings is 1. The van der Waals surface area contributed by atoms with Crippen LogP contribution in [0.1, 0.15) is 17.3 Å². The number of nitrogens with zero attached hydrogens (tertiary/aromatic N) is 1. The fourth-order valence-corrected chi connectivity index (χ4v) is 3.11. The summed E-state index contributed by atoms with van der Waals surface area (Å²) in [5.41, 5.74) is 0.300. The summed E-state index contributed by atoms with van der Waals surface area (Å²) in [7, 11) is 0. The fraction of sp³-hybridized carbons (Fsp3) is 0.100. The first-order valence-corrected chi connectivity index (χ1v) is 9.32. The number of hydrogen-bond donors (Lipinski definition) is 1. The van der Waals surface area contributed by atoms with E-state index in [0.717, 1.165) is 0 Å². The zero-order valence-electron chi connectivity index (χ0n) is 14.9. The zero-order valence-corrected chi connectivity index (χ0v) is 16.4. The number of hydrogen-bond acceptors (Lipinski definition) is 5. The molecule has 1 amide bonds. The number of halogens is 2. The van der Waals surface area contributed by atoms with Crippen LogP contribution in [0.15, 0.2) is 63.3 Å². The number of carbonyl (C=O) groups is 1. The number of amides is 1. The smallest absolute Gasteiger partial charge is 0.277 e. The molecule has 1 fully saturated rings. The van der Waals surface area contributed by atoms with Crippen molar-refractivity contribution in [2.75, 3.05) is 0 Å². The molecule has 0 saturated carbocycles. The Hall–Kier alpha value is -3.10. The minimum absolute atomic E-state index is 0.0201. The summed E-state index contributed by atoms with van der Waals surface area (Å²) >= 11 is 11.0.